The first-order chi connectivity index (χ1) is 6.25. The van der Waals surface area contributed by atoms with Crippen molar-refractivity contribution >= 4 is 5.97 Å². The van der Waals surface area contributed by atoms with Crippen LogP contribution in [0.4, 0.5) is 4.39 Å². The molecule has 1 N–H and O–H groups in total. The quantitative estimate of drug-likeness (QED) is 0.763. The van der Waals surface area contributed by atoms with Crippen molar-refractivity contribution in [3.05, 3.63) is 23.9 Å². The molecule has 0 amide bonds. The largest absolute Gasteiger partial charge is 0.477 e. The van der Waals surface area contributed by atoms with Gasteiger partial charge in [0.15, 0.2) is 0 Å². The van der Waals surface area contributed by atoms with Crippen molar-refractivity contribution in [1.29, 1.82) is 0 Å². The second-order valence-corrected chi connectivity index (χ2v) is 2.20. The lowest BCUT2D eigenvalue weighted by Gasteiger charge is -2.04. The van der Waals surface area contributed by atoms with Gasteiger partial charge in [-0.15, -0.1) is 0 Å². The fourth-order valence-corrected chi connectivity index (χ4v) is 0.804. The summed E-state index contributed by atoms with van der Waals surface area (Å²) in [7, 11) is 0. The van der Waals surface area contributed by atoms with Gasteiger partial charge in [0.2, 0.25) is 5.88 Å². The summed E-state index contributed by atoms with van der Waals surface area (Å²) in [5.74, 6) is -1.19. The minimum Gasteiger partial charge on any atom is -0.477 e. The van der Waals surface area contributed by atoms with Crippen molar-refractivity contribution in [2.75, 3.05) is 13.3 Å². The second-order valence-electron chi connectivity index (χ2n) is 2.20. The molecule has 0 aliphatic carbocycles. The Morgan fingerprint density at radius 1 is 1.69 bits per heavy atom. The van der Waals surface area contributed by atoms with E-state index in [4.69, 9.17) is 9.84 Å². The number of aromatic carboxylic acids is 1. The van der Waals surface area contributed by atoms with Gasteiger partial charge in [0.25, 0.3) is 0 Å². The van der Waals surface area contributed by atoms with Crippen molar-refractivity contribution in [2.45, 2.75) is 0 Å². The molecular weight excluding hydrogens is 177 g/mol. The van der Waals surface area contributed by atoms with Crippen LogP contribution in [0.25, 0.3) is 0 Å². The Morgan fingerprint density at radius 2 is 2.46 bits per heavy atom. The molecule has 0 saturated carbocycles. The van der Waals surface area contributed by atoms with E-state index in [0.29, 0.717) is 0 Å². The first-order valence-corrected chi connectivity index (χ1v) is 3.62. The van der Waals surface area contributed by atoms with Crippen molar-refractivity contribution in [1.82, 2.24) is 4.98 Å². The van der Waals surface area contributed by atoms with Crippen LogP contribution in [0.15, 0.2) is 18.3 Å². The zero-order valence-corrected chi connectivity index (χ0v) is 6.74. The summed E-state index contributed by atoms with van der Waals surface area (Å²) >= 11 is 0. The number of hydrogen-bond donors (Lipinski definition) is 1. The number of ether oxygens (including phenoxy) is 1. The van der Waals surface area contributed by atoms with Crippen LogP contribution < -0.4 is 4.74 Å². The lowest BCUT2D eigenvalue weighted by molar-refractivity contribution is 0.0690. The van der Waals surface area contributed by atoms with Crippen LogP contribution in [0.3, 0.4) is 0 Å². The Kier molecular flexibility index (Phi) is 3.19. The van der Waals surface area contributed by atoms with Crippen molar-refractivity contribution in [3.8, 4) is 5.88 Å². The molecule has 0 aliphatic heterocycles. The van der Waals surface area contributed by atoms with Gasteiger partial charge in [0.1, 0.15) is 18.8 Å². The third kappa shape index (κ3) is 2.40. The van der Waals surface area contributed by atoms with Gasteiger partial charge in [0, 0.05) is 6.20 Å². The Hall–Kier alpha value is -1.65. The summed E-state index contributed by atoms with van der Waals surface area (Å²) in [6.07, 6.45) is 1.39. The number of pyridine rings is 1. The van der Waals surface area contributed by atoms with Crippen molar-refractivity contribution < 1.29 is 19.0 Å². The maximum atomic E-state index is 11.7. The molecule has 13 heavy (non-hydrogen) atoms. The van der Waals surface area contributed by atoms with Gasteiger partial charge >= 0.3 is 5.97 Å². The van der Waals surface area contributed by atoms with E-state index in [2.05, 4.69) is 4.98 Å². The Bertz CT molecular complexity index is 303. The van der Waals surface area contributed by atoms with Crippen LogP contribution in [0, 0.1) is 0 Å². The van der Waals surface area contributed by atoms with Gasteiger partial charge in [-0.25, -0.2) is 14.2 Å². The number of carboxylic acids is 1. The molecule has 0 fully saturated rings. The average molecular weight is 185 g/mol. The summed E-state index contributed by atoms with van der Waals surface area (Å²) in [5.41, 5.74) is -0.0593. The number of carbonyl (C=O) groups is 1. The molecule has 1 heterocycles. The van der Waals surface area contributed by atoms with Gasteiger partial charge in [0.05, 0.1) is 0 Å². The molecule has 4 nitrogen and oxygen atoms in total. The molecule has 5 heteroatoms. The smallest absolute Gasteiger partial charge is 0.341 e. The predicted molar refractivity (Wildman–Crippen MR) is 42.7 cm³/mol. The highest BCUT2D eigenvalue weighted by Crippen LogP contribution is 2.13. The van der Waals surface area contributed by atoms with Gasteiger partial charge in [-0.2, -0.15) is 0 Å². The van der Waals surface area contributed by atoms with E-state index in [1.54, 1.807) is 0 Å². The van der Waals surface area contributed by atoms with E-state index in [1.807, 2.05) is 0 Å². The highest BCUT2D eigenvalue weighted by molar-refractivity contribution is 5.90. The summed E-state index contributed by atoms with van der Waals surface area (Å²) in [4.78, 5) is 14.2. The number of aromatic nitrogens is 1. The SMILES string of the molecule is O=C(O)c1cccnc1OCCF. The Labute approximate surface area is 74.0 Å². The first-order valence-electron chi connectivity index (χ1n) is 3.62. The normalized spacial score (nSPS) is 9.62. The molecule has 0 radical (unpaired) electrons. The van der Waals surface area contributed by atoms with E-state index < -0.39 is 12.6 Å². The van der Waals surface area contributed by atoms with Crippen molar-refractivity contribution in [3.63, 3.8) is 0 Å². The summed E-state index contributed by atoms with van der Waals surface area (Å²) < 4.78 is 16.5. The fraction of sp³-hybridized carbons (Fsp3) is 0.250. The minimum atomic E-state index is -1.14. The molecule has 0 aromatic carbocycles. The number of alkyl halides is 1. The number of rotatable bonds is 4. The van der Waals surface area contributed by atoms with Crippen LogP contribution in [-0.4, -0.2) is 29.3 Å². The second kappa shape index (κ2) is 4.39. The number of nitrogens with zero attached hydrogens (tertiary/aromatic N) is 1. The number of halogens is 1. The molecular formula is C8H8FNO3. The van der Waals surface area contributed by atoms with E-state index in [9.17, 15) is 9.18 Å². The van der Waals surface area contributed by atoms with Crippen LogP contribution in [-0.2, 0) is 0 Å². The van der Waals surface area contributed by atoms with Crippen LogP contribution in [0.5, 0.6) is 5.88 Å². The molecule has 70 valence electrons. The zero-order valence-electron chi connectivity index (χ0n) is 6.74. The maximum absolute atomic E-state index is 11.7. The lowest BCUT2D eigenvalue weighted by atomic mass is 10.3. The molecule has 0 unspecified atom stereocenters. The predicted octanol–water partition coefficient (Wildman–Crippen LogP) is 1.13. The third-order valence-corrected chi connectivity index (χ3v) is 1.32. The minimum absolute atomic E-state index is 0.0485. The highest BCUT2D eigenvalue weighted by Gasteiger charge is 2.10. The summed E-state index contributed by atoms with van der Waals surface area (Å²) in [6.45, 7) is -0.854. The van der Waals surface area contributed by atoms with E-state index in [1.165, 1.54) is 18.3 Å². The van der Waals surface area contributed by atoms with Crippen LogP contribution in [0.2, 0.25) is 0 Å². The lowest BCUT2D eigenvalue weighted by Crippen LogP contribution is -2.06. The van der Waals surface area contributed by atoms with Crippen molar-refractivity contribution in [2.24, 2.45) is 0 Å². The van der Waals surface area contributed by atoms with E-state index in [0.717, 1.165) is 0 Å². The molecule has 1 aromatic heterocycles. The summed E-state index contributed by atoms with van der Waals surface area (Å²) in [6, 6.07) is 2.83. The van der Waals surface area contributed by atoms with Crippen LogP contribution >= 0.6 is 0 Å². The first kappa shape index (κ1) is 9.44. The fourth-order valence-electron chi connectivity index (χ4n) is 0.804. The van der Waals surface area contributed by atoms with Crippen LogP contribution in [0.1, 0.15) is 10.4 Å². The molecule has 0 bridgehead atoms. The molecule has 0 saturated heterocycles. The maximum Gasteiger partial charge on any atom is 0.341 e. The number of carboxylic acid groups (broad SMARTS) is 1. The van der Waals surface area contributed by atoms with Gasteiger partial charge < -0.3 is 9.84 Å². The van der Waals surface area contributed by atoms with Gasteiger partial charge in [-0.05, 0) is 12.1 Å². The molecule has 0 atom stereocenters. The molecule has 1 rings (SSSR count). The Morgan fingerprint density at radius 3 is 3.08 bits per heavy atom. The molecule has 0 spiro atoms. The Balaban J connectivity index is 2.84. The van der Waals surface area contributed by atoms with Gasteiger partial charge in [-0.1, -0.05) is 0 Å². The average Bonchev–Trinajstić information content (AvgIpc) is 2.15. The molecule has 1 aromatic rings. The monoisotopic (exact) mass is 185 g/mol. The molecule has 0 aliphatic rings. The zero-order chi connectivity index (χ0) is 9.68. The standard InChI is InChI=1S/C8H8FNO3/c9-3-5-13-7-6(8(11)12)2-1-4-10-7/h1-2,4H,3,5H2,(H,11,12). The van der Waals surface area contributed by atoms with Gasteiger partial charge in [-0.3, -0.25) is 0 Å². The topological polar surface area (TPSA) is 59.4 Å². The van der Waals surface area contributed by atoms with E-state index >= 15 is 0 Å². The van der Waals surface area contributed by atoms with E-state index in [-0.39, 0.29) is 18.1 Å². The highest BCUT2D eigenvalue weighted by atomic mass is 19.1. The number of hydrogen-bond acceptors (Lipinski definition) is 3. The summed E-state index contributed by atoms with van der Waals surface area (Å²) in [5, 5.41) is 8.65. The third-order valence-electron chi connectivity index (χ3n) is 1.32.